The van der Waals surface area contributed by atoms with Gasteiger partial charge in [-0.3, -0.25) is 4.68 Å². The standard InChI is InChI=1S/C14H17F3N4O2/c1-3-8(2)13-18-11(23-20-13)6-21-10-4-5-22-7-9(10)12(19-21)14(15,16)17/h8H,3-7H2,1-2H3/t8-/m0/s1. The van der Waals surface area contributed by atoms with Gasteiger partial charge in [0.15, 0.2) is 11.5 Å². The maximum Gasteiger partial charge on any atom is 0.435 e. The van der Waals surface area contributed by atoms with Crippen molar-refractivity contribution in [1.29, 1.82) is 0 Å². The molecule has 1 aliphatic rings. The Bertz CT molecular complexity index is 693. The lowest BCUT2D eigenvalue weighted by molar-refractivity contribution is -0.142. The third kappa shape index (κ3) is 3.10. The van der Waals surface area contributed by atoms with E-state index in [0.717, 1.165) is 6.42 Å². The van der Waals surface area contributed by atoms with E-state index in [0.29, 0.717) is 24.5 Å². The molecule has 23 heavy (non-hydrogen) atoms. The van der Waals surface area contributed by atoms with E-state index in [-0.39, 0.29) is 30.5 Å². The van der Waals surface area contributed by atoms with Gasteiger partial charge in [-0.1, -0.05) is 19.0 Å². The second-order valence-electron chi connectivity index (χ2n) is 5.59. The maximum atomic E-state index is 13.1. The van der Waals surface area contributed by atoms with Crippen molar-refractivity contribution in [1.82, 2.24) is 19.9 Å². The summed E-state index contributed by atoms with van der Waals surface area (Å²) in [5.74, 6) is 0.951. The number of fused-ring (bicyclic) bond motifs is 1. The van der Waals surface area contributed by atoms with Crippen molar-refractivity contribution in [2.75, 3.05) is 6.61 Å². The van der Waals surface area contributed by atoms with Crippen molar-refractivity contribution in [3.05, 3.63) is 28.7 Å². The number of alkyl halides is 3. The van der Waals surface area contributed by atoms with Gasteiger partial charge in [0, 0.05) is 23.6 Å². The normalized spacial score (nSPS) is 16.4. The largest absolute Gasteiger partial charge is 0.435 e. The Kier molecular flexibility index (Phi) is 4.13. The highest BCUT2D eigenvalue weighted by Crippen LogP contribution is 2.34. The van der Waals surface area contributed by atoms with E-state index in [1.807, 2.05) is 13.8 Å². The molecule has 0 aromatic carbocycles. The minimum Gasteiger partial charge on any atom is -0.376 e. The van der Waals surface area contributed by atoms with Crippen LogP contribution in [0.2, 0.25) is 0 Å². The molecule has 0 saturated heterocycles. The van der Waals surface area contributed by atoms with E-state index in [9.17, 15) is 13.2 Å². The van der Waals surface area contributed by atoms with E-state index in [1.54, 1.807) is 0 Å². The quantitative estimate of drug-likeness (QED) is 0.862. The molecule has 0 unspecified atom stereocenters. The smallest absolute Gasteiger partial charge is 0.376 e. The third-order valence-corrected chi connectivity index (χ3v) is 3.99. The Morgan fingerprint density at radius 3 is 2.83 bits per heavy atom. The molecule has 9 heteroatoms. The molecule has 0 saturated carbocycles. The lowest BCUT2D eigenvalue weighted by Gasteiger charge is -2.14. The fourth-order valence-corrected chi connectivity index (χ4v) is 2.51. The summed E-state index contributed by atoms with van der Waals surface area (Å²) >= 11 is 0. The average molecular weight is 330 g/mol. The summed E-state index contributed by atoms with van der Waals surface area (Å²) < 4.78 is 50.9. The Labute approximate surface area is 130 Å². The molecule has 1 aliphatic heterocycles. The Hall–Kier alpha value is -1.90. The number of hydrogen-bond donors (Lipinski definition) is 0. The van der Waals surface area contributed by atoms with Gasteiger partial charge in [-0.25, -0.2) is 0 Å². The predicted molar refractivity (Wildman–Crippen MR) is 72.7 cm³/mol. The van der Waals surface area contributed by atoms with Gasteiger partial charge in [0.05, 0.1) is 13.2 Å². The van der Waals surface area contributed by atoms with Crippen molar-refractivity contribution < 1.29 is 22.4 Å². The summed E-state index contributed by atoms with van der Waals surface area (Å²) in [6.45, 7) is 4.29. The van der Waals surface area contributed by atoms with Gasteiger partial charge in [0.25, 0.3) is 0 Å². The second-order valence-corrected chi connectivity index (χ2v) is 5.59. The Balaban J connectivity index is 1.91. The number of halogens is 3. The van der Waals surface area contributed by atoms with Crippen LogP contribution in [0.5, 0.6) is 0 Å². The lowest BCUT2D eigenvalue weighted by atomic mass is 10.1. The van der Waals surface area contributed by atoms with Crippen LogP contribution in [0, 0.1) is 0 Å². The molecule has 3 rings (SSSR count). The third-order valence-electron chi connectivity index (χ3n) is 3.99. The number of aromatic nitrogens is 4. The van der Waals surface area contributed by atoms with Crippen molar-refractivity contribution in [3.63, 3.8) is 0 Å². The molecule has 0 amide bonds. The van der Waals surface area contributed by atoms with Crippen LogP contribution in [0.3, 0.4) is 0 Å². The minimum absolute atomic E-state index is 0.0296. The highest BCUT2D eigenvalue weighted by molar-refractivity contribution is 5.29. The molecule has 126 valence electrons. The molecule has 1 atom stereocenters. The van der Waals surface area contributed by atoms with Crippen LogP contribution in [0.25, 0.3) is 0 Å². The first-order chi connectivity index (χ1) is 10.9. The number of hydrogen-bond acceptors (Lipinski definition) is 5. The molecule has 3 heterocycles. The van der Waals surface area contributed by atoms with Crippen molar-refractivity contribution in [3.8, 4) is 0 Å². The van der Waals surface area contributed by atoms with Gasteiger partial charge < -0.3 is 9.26 Å². The number of nitrogens with zero attached hydrogens (tertiary/aromatic N) is 4. The first-order valence-electron chi connectivity index (χ1n) is 7.46. The first-order valence-corrected chi connectivity index (χ1v) is 7.46. The van der Waals surface area contributed by atoms with Crippen LogP contribution in [-0.2, 0) is 30.5 Å². The molecule has 0 N–H and O–H groups in total. The van der Waals surface area contributed by atoms with Gasteiger partial charge in [0.2, 0.25) is 5.89 Å². The van der Waals surface area contributed by atoms with E-state index >= 15 is 0 Å². The van der Waals surface area contributed by atoms with Gasteiger partial charge in [-0.05, 0) is 6.42 Å². The van der Waals surface area contributed by atoms with Crippen molar-refractivity contribution in [2.24, 2.45) is 0 Å². The van der Waals surface area contributed by atoms with E-state index in [2.05, 4.69) is 15.2 Å². The zero-order valence-electron chi connectivity index (χ0n) is 12.9. The minimum atomic E-state index is -4.51. The van der Waals surface area contributed by atoms with Crippen LogP contribution < -0.4 is 0 Å². The highest BCUT2D eigenvalue weighted by Gasteiger charge is 2.40. The lowest BCUT2D eigenvalue weighted by Crippen LogP contribution is -2.15. The molecule has 2 aromatic rings. The molecule has 0 spiro atoms. The first kappa shape index (κ1) is 16.0. The molecule has 0 fully saturated rings. The van der Waals surface area contributed by atoms with Crippen molar-refractivity contribution in [2.45, 2.75) is 51.9 Å². The van der Waals surface area contributed by atoms with E-state index in [1.165, 1.54) is 4.68 Å². The van der Waals surface area contributed by atoms with Crippen LogP contribution in [-0.4, -0.2) is 26.5 Å². The van der Waals surface area contributed by atoms with Crippen LogP contribution in [0.1, 0.15) is 54.9 Å². The molecule has 2 aromatic heterocycles. The molecular weight excluding hydrogens is 313 g/mol. The molecule has 0 bridgehead atoms. The Morgan fingerprint density at radius 2 is 2.13 bits per heavy atom. The highest BCUT2D eigenvalue weighted by atomic mass is 19.4. The molecule has 0 aliphatic carbocycles. The van der Waals surface area contributed by atoms with E-state index in [4.69, 9.17) is 9.26 Å². The summed E-state index contributed by atoms with van der Waals surface area (Å²) in [4.78, 5) is 4.25. The second kappa shape index (κ2) is 5.95. The van der Waals surface area contributed by atoms with E-state index < -0.39 is 11.9 Å². The van der Waals surface area contributed by atoms with Crippen LogP contribution >= 0.6 is 0 Å². The monoisotopic (exact) mass is 330 g/mol. The van der Waals surface area contributed by atoms with Crippen LogP contribution in [0.4, 0.5) is 13.2 Å². The van der Waals surface area contributed by atoms with Crippen molar-refractivity contribution >= 4 is 0 Å². The van der Waals surface area contributed by atoms with Gasteiger partial charge in [-0.2, -0.15) is 23.3 Å². The number of ether oxygens (including phenoxy) is 1. The summed E-state index contributed by atoms with van der Waals surface area (Å²) in [5, 5.41) is 7.59. The van der Waals surface area contributed by atoms with Gasteiger partial charge in [-0.15, -0.1) is 0 Å². The van der Waals surface area contributed by atoms with Crippen LogP contribution in [0.15, 0.2) is 4.52 Å². The SMILES string of the molecule is CC[C@H](C)c1noc(Cn2nc(C(F)(F)F)c3c2CCOC3)n1. The van der Waals surface area contributed by atoms with Gasteiger partial charge >= 0.3 is 6.18 Å². The summed E-state index contributed by atoms with van der Waals surface area (Å²) in [7, 11) is 0. The Morgan fingerprint density at radius 1 is 1.35 bits per heavy atom. The fourth-order valence-electron chi connectivity index (χ4n) is 2.51. The molecule has 6 nitrogen and oxygen atoms in total. The number of rotatable bonds is 4. The predicted octanol–water partition coefficient (Wildman–Crippen LogP) is 2.92. The fraction of sp³-hybridized carbons (Fsp3) is 0.643. The zero-order valence-corrected chi connectivity index (χ0v) is 12.9. The summed E-state index contributed by atoms with van der Waals surface area (Å²) in [6.07, 6.45) is -3.27. The molecular formula is C14H17F3N4O2. The topological polar surface area (TPSA) is 66.0 Å². The molecule has 0 radical (unpaired) electrons. The zero-order chi connectivity index (χ0) is 16.6. The average Bonchev–Trinajstić information content (AvgIpc) is 3.12. The summed E-state index contributed by atoms with van der Waals surface area (Å²) in [6, 6.07) is 0. The maximum absolute atomic E-state index is 13.1. The summed E-state index contributed by atoms with van der Waals surface area (Å²) in [5.41, 5.74) is -0.272. The van der Waals surface area contributed by atoms with Gasteiger partial charge in [0.1, 0.15) is 6.54 Å².